The van der Waals surface area contributed by atoms with Gasteiger partial charge in [-0.2, -0.15) is 0 Å². The molecule has 0 saturated heterocycles. The van der Waals surface area contributed by atoms with E-state index in [1.807, 2.05) is 0 Å². The number of ether oxygens (including phenoxy) is 1. The summed E-state index contributed by atoms with van der Waals surface area (Å²) in [6, 6.07) is 2.92. The van der Waals surface area contributed by atoms with Gasteiger partial charge in [-0.3, -0.25) is 0 Å². The van der Waals surface area contributed by atoms with Gasteiger partial charge < -0.3 is 4.74 Å². The molecule has 1 aromatic carbocycles. The Hall–Kier alpha value is -0.110. The molecular formula is C12H15Br2NO3S. The molecule has 0 bridgehead atoms. The van der Waals surface area contributed by atoms with Crippen LogP contribution in [-0.2, 0) is 10.0 Å². The van der Waals surface area contributed by atoms with Crippen molar-refractivity contribution >= 4 is 41.9 Å². The van der Waals surface area contributed by atoms with E-state index in [0.717, 1.165) is 0 Å². The molecule has 1 fully saturated rings. The summed E-state index contributed by atoms with van der Waals surface area (Å²) >= 11 is 6.65. The Bertz CT molecular complexity index is 545. The van der Waals surface area contributed by atoms with Gasteiger partial charge in [-0.1, -0.05) is 12.8 Å². The first-order valence-electron chi connectivity index (χ1n) is 6.02. The number of primary sulfonamides is 1. The van der Waals surface area contributed by atoms with Crippen molar-refractivity contribution in [2.24, 2.45) is 11.1 Å². The summed E-state index contributed by atoms with van der Waals surface area (Å²) in [7, 11) is -3.71. The molecule has 1 saturated carbocycles. The minimum Gasteiger partial charge on any atom is -0.491 e. The zero-order valence-corrected chi connectivity index (χ0v) is 14.2. The first-order chi connectivity index (χ1) is 8.88. The highest BCUT2D eigenvalue weighted by atomic mass is 79.9. The number of benzene rings is 1. The molecule has 1 aliphatic carbocycles. The maximum atomic E-state index is 11.3. The van der Waals surface area contributed by atoms with Crippen molar-refractivity contribution < 1.29 is 13.2 Å². The topological polar surface area (TPSA) is 69.4 Å². The molecule has 0 aromatic heterocycles. The van der Waals surface area contributed by atoms with E-state index < -0.39 is 10.0 Å². The van der Waals surface area contributed by atoms with Crippen LogP contribution in [0.15, 0.2) is 26.0 Å². The van der Waals surface area contributed by atoms with Gasteiger partial charge >= 0.3 is 0 Å². The van der Waals surface area contributed by atoms with Gasteiger partial charge in [0.2, 0.25) is 10.0 Å². The molecule has 1 aliphatic rings. The molecule has 0 amide bonds. The fourth-order valence-corrected chi connectivity index (χ4v) is 4.50. The predicted octanol–water partition coefficient (Wildman–Crippen LogP) is 3.43. The van der Waals surface area contributed by atoms with Crippen molar-refractivity contribution in [2.45, 2.75) is 30.6 Å². The summed E-state index contributed by atoms with van der Waals surface area (Å²) in [5.74, 6) is 1.22. The van der Waals surface area contributed by atoms with Crippen LogP contribution in [0.2, 0.25) is 0 Å². The molecule has 1 aromatic rings. The lowest BCUT2D eigenvalue weighted by molar-refractivity contribution is 0.249. The van der Waals surface area contributed by atoms with Crippen LogP contribution in [0.1, 0.15) is 25.7 Å². The van der Waals surface area contributed by atoms with Gasteiger partial charge in [0, 0.05) is 0 Å². The van der Waals surface area contributed by atoms with E-state index in [9.17, 15) is 8.42 Å². The summed E-state index contributed by atoms with van der Waals surface area (Å²) in [5.41, 5.74) is 0. The summed E-state index contributed by atoms with van der Waals surface area (Å²) in [6.45, 7) is 0.659. The average molecular weight is 413 g/mol. The van der Waals surface area contributed by atoms with E-state index in [2.05, 4.69) is 31.9 Å². The number of rotatable bonds is 4. The second-order valence-corrected chi connectivity index (χ2v) is 7.99. The fraction of sp³-hybridized carbons (Fsp3) is 0.500. The zero-order valence-electron chi connectivity index (χ0n) is 10.2. The van der Waals surface area contributed by atoms with Crippen LogP contribution < -0.4 is 9.88 Å². The van der Waals surface area contributed by atoms with Crippen LogP contribution in [-0.4, -0.2) is 15.0 Å². The molecule has 0 spiro atoms. The van der Waals surface area contributed by atoms with Crippen LogP contribution in [0, 0.1) is 5.92 Å². The van der Waals surface area contributed by atoms with Gasteiger partial charge in [-0.25, -0.2) is 13.6 Å². The van der Waals surface area contributed by atoms with E-state index in [1.165, 1.54) is 37.8 Å². The van der Waals surface area contributed by atoms with Gasteiger partial charge in [0.25, 0.3) is 0 Å². The smallest absolute Gasteiger partial charge is 0.238 e. The minimum absolute atomic E-state index is 0.0551. The van der Waals surface area contributed by atoms with Gasteiger partial charge in [-0.15, -0.1) is 0 Å². The summed E-state index contributed by atoms with van der Waals surface area (Å²) in [5, 5.41) is 5.11. The predicted molar refractivity (Wildman–Crippen MR) is 80.7 cm³/mol. The lowest BCUT2D eigenvalue weighted by atomic mass is 10.1. The third kappa shape index (κ3) is 3.93. The first-order valence-corrected chi connectivity index (χ1v) is 9.16. The molecule has 0 aliphatic heterocycles. The Morgan fingerprint density at radius 1 is 1.21 bits per heavy atom. The van der Waals surface area contributed by atoms with Crippen LogP contribution in [0.25, 0.3) is 0 Å². The highest BCUT2D eigenvalue weighted by Crippen LogP contribution is 2.37. The molecule has 106 valence electrons. The Morgan fingerprint density at radius 3 is 2.21 bits per heavy atom. The summed E-state index contributed by atoms with van der Waals surface area (Å²) in [4.78, 5) is 0.0551. The normalized spacial score (nSPS) is 16.8. The third-order valence-corrected chi connectivity index (χ3v) is 5.31. The lowest BCUT2D eigenvalue weighted by Gasteiger charge is -2.14. The molecule has 19 heavy (non-hydrogen) atoms. The van der Waals surface area contributed by atoms with E-state index in [0.29, 0.717) is 27.2 Å². The van der Waals surface area contributed by atoms with Crippen molar-refractivity contribution in [1.82, 2.24) is 0 Å². The standard InChI is InChI=1S/C12H15Br2NO3S/c13-10-5-9(19(15,16)17)6-11(14)12(10)18-7-8-3-1-2-4-8/h5-6,8H,1-4,7H2,(H2,15,16,17). The van der Waals surface area contributed by atoms with Gasteiger partial charge in [0.05, 0.1) is 20.4 Å². The molecule has 7 heteroatoms. The third-order valence-electron chi connectivity index (χ3n) is 3.24. The van der Waals surface area contributed by atoms with E-state index in [4.69, 9.17) is 9.88 Å². The van der Waals surface area contributed by atoms with Crippen molar-refractivity contribution in [1.29, 1.82) is 0 Å². The number of halogens is 2. The van der Waals surface area contributed by atoms with Gasteiger partial charge in [-0.05, 0) is 62.8 Å². The summed E-state index contributed by atoms with van der Waals surface area (Å²) in [6.07, 6.45) is 4.93. The molecule has 0 atom stereocenters. The van der Waals surface area contributed by atoms with Gasteiger partial charge in [0.15, 0.2) is 0 Å². The van der Waals surface area contributed by atoms with E-state index >= 15 is 0 Å². The van der Waals surface area contributed by atoms with Crippen molar-refractivity contribution in [2.75, 3.05) is 6.61 Å². The fourth-order valence-electron chi connectivity index (χ4n) is 2.22. The SMILES string of the molecule is NS(=O)(=O)c1cc(Br)c(OCC2CCCC2)c(Br)c1. The average Bonchev–Trinajstić information content (AvgIpc) is 2.79. The molecular weight excluding hydrogens is 398 g/mol. The zero-order chi connectivity index (χ0) is 14.0. The van der Waals surface area contributed by atoms with Crippen LogP contribution in [0.4, 0.5) is 0 Å². The van der Waals surface area contributed by atoms with E-state index in [-0.39, 0.29) is 4.90 Å². The lowest BCUT2D eigenvalue weighted by Crippen LogP contribution is -2.13. The number of hydrogen-bond acceptors (Lipinski definition) is 3. The number of sulfonamides is 1. The number of hydrogen-bond donors (Lipinski definition) is 1. The minimum atomic E-state index is -3.71. The Labute approximate surface area is 130 Å². The van der Waals surface area contributed by atoms with Crippen LogP contribution >= 0.6 is 31.9 Å². The highest BCUT2D eigenvalue weighted by molar-refractivity contribution is 9.11. The van der Waals surface area contributed by atoms with Crippen molar-refractivity contribution in [3.05, 3.63) is 21.1 Å². The monoisotopic (exact) mass is 411 g/mol. The molecule has 0 heterocycles. The maximum absolute atomic E-state index is 11.3. The Kier molecular flexibility index (Phi) is 4.92. The molecule has 2 N–H and O–H groups in total. The summed E-state index contributed by atoms with van der Waals surface area (Å²) < 4.78 is 29.6. The van der Waals surface area contributed by atoms with E-state index in [1.54, 1.807) is 0 Å². The molecule has 0 unspecified atom stereocenters. The van der Waals surface area contributed by atoms with Crippen LogP contribution in [0.5, 0.6) is 5.75 Å². The number of nitrogens with two attached hydrogens (primary N) is 1. The van der Waals surface area contributed by atoms with Crippen molar-refractivity contribution in [3.8, 4) is 5.75 Å². The Morgan fingerprint density at radius 2 is 1.74 bits per heavy atom. The molecule has 4 nitrogen and oxygen atoms in total. The largest absolute Gasteiger partial charge is 0.491 e. The van der Waals surface area contributed by atoms with Crippen LogP contribution in [0.3, 0.4) is 0 Å². The second kappa shape index (κ2) is 6.11. The maximum Gasteiger partial charge on any atom is 0.238 e. The highest BCUT2D eigenvalue weighted by Gasteiger charge is 2.19. The first kappa shape index (κ1) is 15.3. The molecule has 2 rings (SSSR count). The van der Waals surface area contributed by atoms with Crippen molar-refractivity contribution in [3.63, 3.8) is 0 Å². The van der Waals surface area contributed by atoms with Gasteiger partial charge in [0.1, 0.15) is 5.75 Å². The Balaban J connectivity index is 2.17. The molecule has 0 radical (unpaired) electrons. The quantitative estimate of drug-likeness (QED) is 0.823. The second-order valence-electron chi connectivity index (χ2n) is 4.72.